The summed E-state index contributed by atoms with van der Waals surface area (Å²) in [6, 6.07) is 12.9. The van der Waals surface area contributed by atoms with Crippen LogP contribution in [0.2, 0.25) is 0 Å². The first-order valence-corrected chi connectivity index (χ1v) is 13.0. The Morgan fingerprint density at radius 2 is 1.92 bits per heavy atom. The van der Waals surface area contributed by atoms with E-state index in [-0.39, 0.29) is 17.8 Å². The highest BCUT2D eigenvalue weighted by molar-refractivity contribution is 6.01. The first-order chi connectivity index (χ1) is 17.6. The van der Waals surface area contributed by atoms with Crippen molar-refractivity contribution in [1.29, 1.82) is 0 Å². The minimum Gasteiger partial charge on any atom is -0.493 e. The number of aromatic nitrogens is 2. The number of anilines is 1. The predicted octanol–water partition coefficient (Wildman–Crippen LogP) is 5.32. The van der Waals surface area contributed by atoms with Gasteiger partial charge in [0.2, 0.25) is 5.95 Å². The molecule has 0 atom stereocenters. The number of aryl methyl sites for hydroxylation is 1. The van der Waals surface area contributed by atoms with Gasteiger partial charge in [-0.05, 0) is 68.4 Å². The fourth-order valence-electron chi connectivity index (χ4n) is 5.33. The summed E-state index contributed by atoms with van der Waals surface area (Å²) in [5, 5.41) is 0. The molecule has 3 heterocycles. The van der Waals surface area contributed by atoms with Gasteiger partial charge in [-0.15, -0.1) is 0 Å². The van der Waals surface area contributed by atoms with Crippen LogP contribution in [0.3, 0.4) is 0 Å². The van der Waals surface area contributed by atoms with Gasteiger partial charge in [0.25, 0.3) is 5.91 Å². The van der Waals surface area contributed by atoms with E-state index in [1.54, 1.807) is 18.2 Å². The van der Waals surface area contributed by atoms with Crippen molar-refractivity contribution in [2.45, 2.75) is 58.0 Å². The Morgan fingerprint density at radius 3 is 2.69 bits per heavy atom. The van der Waals surface area contributed by atoms with Gasteiger partial charge in [0, 0.05) is 37.7 Å². The molecule has 0 unspecified atom stereocenters. The van der Waals surface area contributed by atoms with E-state index in [0.29, 0.717) is 41.6 Å². The molecular formula is C29H31FN4O2. The Bertz CT molecular complexity index is 1300. The number of nitrogens with zero attached hydrogens (tertiary/aromatic N) is 4. The fourth-order valence-corrected chi connectivity index (χ4v) is 5.33. The topological polar surface area (TPSA) is 58.6 Å². The molecule has 3 aromatic rings. The molecule has 2 fully saturated rings. The van der Waals surface area contributed by atoms with Crippen LogP contribution in [0, 0.1) is 12.7 Å². The van der Waals surface area contributed by atoms with E-state index in [0.717, 1.165) is 56.5 Å². The first kappa shape index (κ1) is 23.0. The standard InChI is InChI=1S/C29H31FN4O2/c1-19-26(28(35)34(22-10-11-22)18-20-9-12-25-21(17-20)13-16-36-25)27(23-7-3-4-8-24(23)30)32-29(31-19)33-14-5-2-6-15-33/h3-4,7-9,12,17,22H,2,5-6,10-11,13-16,18H2,1H3. The summed E-state index contributed by atoms with van der Waals surface area (Å²) in [6.45, 7) is 4.81. The molecular weight excluding hydrogens is 455 g/mol. The lowest BCUT2D eigenvalue weighted by atomic mass is 10.0. The van der Waals surface area contributed by atoms with Crippen LogP contribution in [0.25, 0.3) is 11.3 Å². The van der Waals surface area contributed by atoms with Crippen LogP contribution in [0.15, 0.2) is 42.5 Å². The molecule has 0 N–H and O–H groups in total. The van der Waals surface area contributed by atoms with Gasteiger partial charge in [0.15, 0.2) is 0 Å². The lowest BCUT2D eigenvalue weighted by Gasteiger charge is -2.29. The molecule has 186 valence electrons. The zero-order chi connectivity index (χ0) is 24.6. The van der Waals surface area contributed by atoms with Crippen LogP contribution >= 0.6 is 0 Å². The van der Waals surface area contributed by atoms with Crippen LogP contribution in [0.5, 0.6) is 5.75 Å². The maximum atomic E-state index is 15.1. The summed E-state index contributed by atoms with van der Waals surface area (Å²) in [6.07, 6.45) is 6.19. The van der Waals surface area contributed by atoms with E-state index >= 15 is 4.39 Å². The van der Waals surface area contributed by atoms with Gasteiger partial charge in [-0.2, -0.15) is 0 Å². The number of piperidine rings is 1. The highest BCUT2D eigenvalue weighted by Gasteiger charge is 2.36. The van der Waals surface area contributed by atoms with E-state index in [1.165, 1.54) is 18.1 Å². The molecule has 1 aliphatic carbocycles. The Labute approximate surface area is 211 Å². The zero-order valence-corrected chi connectivity index (χ0v) is 20.7. The van der Waals surface area contributed by atoms with Crippen molar-refractivity contribution in [2.75, 3.05) is 24.6 Å². The molecule has 6 rings (SSSR count). The molecule has 2 aromatic carbocycles. The summed E-state index contributed by atoms with van der Waals surface area (Å²) in [4.78, 5) is 27.9. The van der Waals surface area contributed by atoms with Crippen molar-refractivity contribution in [2.24, 2.45) is 0 Å². The second kappa shape index (κ2) is 9.52. The van der Waals surface area contributed by atoms with Crippen LogP contribution in [-0.4, -0.2) is 46.5 Å². The Kier molecular flexibility index (Phi) is 6.07. The van der Waals surface area contributed by atoms with Crippen molar-refractivity contribution in [3.05, 3.63) is 70.7 Å². The molecule has 1 saturated carbocycles. The number of halogens is 1. The maximum Gasteiger partial charge on any atom is 0.258 e. The predicted molar refractivity (Wildman–Crippen MR) is 137 cm³/mol. The Hall–Kier alpha value is -3.48. The van der Waals surface area contributed by atoms with Gasteiger partial charge < -0.3 is 14.5 Å². The molecule has 0 bridgehead atoms. The second-order valence-electron chi connectivity index (χ2n) is 10.1. The van der Waals surface area contributed by atoms with Crippen molar-refractivity contribution < 1.29 is 13.9 Å². The summed E-state index contributed by atoms with van der Waals surface area (Å²) < 4.78 is 20.7. The molecule has 2 aliphatic heterocycles. The van der Waals surface area contributed by atoms with Gasteiger partial charge in [-0.25, -0.2) is 14.4 Å². The van der Waals surface area contributed by atoms with Gasteiger partial charge in [0.1, 0.15) is 11.6 Å². The molecule has 1 saturated heterocycles. The van der Waals surface area contributed by atoms with E-state index in [1.807, 2.05) is 24.0 Å². The second-order valence-corrected chi connectivity index (χ2v) is 10.1. The van der Waals surface area contributed by atoms with E-state index < -0.39 is 0 Å². The van der Waals surface area contributed by atoms with Crippen LogP contribution in [0.4, 0.5) is 10.3 Å². The third-order valence-corrected chi connectivity index (χ3v) is 7.42. The van der Waals surface area contributed by atoms with Gasteiger partial charge in [-0.1, -0.05) is 24.3 Å². The average Bonchev–Trinajstić information content (AvgIpc) is 3.63. The van der Waals surface area contributed by atoms with Crippen molar-refractivity contribution in [3.63, 3.8) is 0 Å². The number of hydrogen-bond donors (Lipinski definition) is 0. The van der Waals surface area contributed by atoms with E-state index in [9.17, 15) is 4.79 Å². The molecule has 36 heavy (non-hydrogen) atoms. The molecule has 0 spiro atoms. The molecule has 0 radical (unpaired) electrons. The summed E-state index contributed by atoms with van der Waals surface area (Å²) in [5.41, 5.74) is 4.00. The summed E-state index contributed by atoms with van der Waals surface area (Å²) >= 11 is 0. The van der Waals surface area contributed by atoms with Crippen molar-refractivity contribution in [1.82, 2.24) is 14.9 Å². The molecule has 7 heteroatoms. The van der Waals surface area contributed by atoms with E-state index in [2.05, 4.69) is 11.0 Å². The van der Waals surface area contributed by atoms with Crippen LogP contribution in [0.1, 0.15) is 59.3 Å². The minimum absolute atomic E-state index is 0.129. The largest absolute Gasteiger partial charge is 0.493 e. The third-order valence-electron chi connectivity index (χ3n) is 7.42. The van der Waals surface area contributed by atoms with Crippen LogP contribution in [-0.2, 0) is 13.0 Å². The van der Waals surface area contributed by atoms with Crippen LogP contribution < -0.4 is 9.64 Å². The highest BCUT2D eigenvalue weighted by atomic mass is 19.1. The van der Waals surface area contributed by atoms with Gasteiger partial charge >= 0.3 is 0 Å². The lowest BCUT2D eigenvalue weighted by Crippen LogP contribution is -2.35. The fraction of sp³-hybridized carbons (Fsp3) is 0.414. The van der Waals surface area contributed by atoms with Gasteiger partial charge in [-0.3, -0.25) is 4.79 Å². The SMILES string of the molecule is Cc1nc(N2CCCCC2)nc(-c2ccccc2F)c1C(=O)N(Cc1ccc2c(c1)CCO2)C1CC1. The number of rotatable bonds is 6. The van der Waals surface area contributed by atoms with Crippen molar-refractivity contribution >= 4 is 11.9 Å². The quantitative estimate of drug-likeness (QED) is 0.472. The molecule has 3 aliphatic rings. The monoisotopic (exact) mass is 486 g/mol. The highest BCUT2D eigenvalue weighted by Crippen LogP contribution is 2.35. The lowest BCUT2D eigenvalue weighted by molar-refractivity contribution is 0.0729. The molecule has 1 amide bonds. The maximum absolute atomic E-state index is 15.1. The van der Waals surface area contributed by atoms with Gasteiger partial charge in [0.05, 0.1) is 23.6 Å². The summed E-state index contributed by atoms with van der Waals surface area (Å²) in [5.74, 6) is 1.00. The third kappa shape index (κ3) is 4.43. The Balaban J connectivity index is 1.40. The zero-order valence-electron chi connectivity index (χ0n) is 20.7. The first-order valence-electron chi connectivity index (χ1n) is 13.0. The number of amides is 1. The Morgan fingerprint density at radius 1 is 1.11 bits per heavy atom. The number of fused-ring (bicyclic) bond motifs is 1. The smallest absolute Gasteiger partial charge is 0.258 e. The number of ether oxygens (including phenoxy) is 1. The van der Waals surface area contributed by atoms with E-state index in [4.69, 9.17) is 14.7 Å². The minimum atomic E-state index is -0.383. The number of carbonyl (C=O) groups is 1. The summed E-state index contributed by atoms with van der Waals surface area (Å²) in [7, 11) is 0. The number of benzene rings is 2. The number of hydrogen-bond acceptors (Lipinski definition) is 5. The number of carbonyl (C=O) groups excluding carboxylic acids is 1. The molecule has 6 nitrogen and oxygen atoms in total. The average molecular weight is 487 g/mol. The normalized spacial score (nSPS) is 17.0. The van der Waals surface area contributed by atoms with Crippen molar-refractivity contribution in [3.8, 4) is 17.0 Å². The molecule has 1 aromatic heterocycles.